The lowest BCUT2D eigenvalue weighted by Crippen LogP contribution is -2.33. The van der Waals surface area contributed by atoms with Gasteiger partial charge in [-0.2, -0.15) is 5.10 Å². The molecule has 0 spiro atoms. The molecule has 1 aliphatic heterocycles. The lowest BCUT2D eigenvalue weighted by molar-refractivity contribution is -0.0523. The summed E-state index contributed by atoms with van der Waals surface area (Å²) in [6.07, 6.45) is 2.41. The predicted octanol–water partition coefficient (Wildman–Crippen LogP) is 2.01. The number of ether oxygens (including phenoxy) is 2. The van der Waals surface area contributed by atoms with Gasteiger partial charge in [-0.05, 0) is 20.4 Å². The normalized spacial score (nSPS) is 17.8. The van der Waals surface area contributed by atoms with Crippen LogP contribution in [-0.4, -0.2) is 42.4 Å². The number of halogens is 1. The van der Waals surface area contributed by atoms with Crippen molar-refractivity contribution < 1.29 is 9.47 Å². The number of aryl methyl sites for hydroxylation is 2. The monoisotopic (exact) mass is 301 g/mol. The molecule has 20 heavy (non-hydrogen) atoms. The molecular weight excluding hydrogens is 278 g/mol. The highest BCUT2D eigenvalue weighted by Crippen LogP contribution is 2.24. The largest absolute Gasteiger partial charge is 0.350 e. The molecule has 0 bridgehead atoms. The van der Waals surface area contributed by atoms with E-state index in [9.17, 15) is 0 Å². The molecule has 1 unspecified atom stereocenters. The smallest absolute Gasteiger partial charge is 0.159 e. The van der Waals surface area contributed by atoms with E-state index in [0.717, 1.165) is 42.2 Å². The fourth-order valence-electron chi connectivity index (χ4n) is 2.52. The second-order valence-electron chi connectivity index (χ2n) is 4.97. The van der Waals surface area contributed by atoms with Crippen molar-refractivity contribution >= 4 is 11.6 Å². The summed E-state index contributed by atoms with van der Waals surface area (Å²) in [7, 11) is 1.96. The Bertz CT molecular complexity index is 430. The Balaban J connectivity index is 2.07. The average molecular weight is 302 g/mol. The number of nitrogens with zero attached hydrogens (tertiary/aromatic N) is 2. The Morgan fingerprint density at radius 2 is 2.10 bits per heavy atom. The molecule has 1 aromatic heterocycles. The van der Waals surface area contributed by atoms with E-state index in [1.165, 1.54) is 0 Å². The Hall–Kier alpha value is -0.620. The molecule has 0 radical (unpaired) electrons. The summed E-state index contributed by atoms with van der Waals surface area (Å²) in [5.74, 6) is 0. The number of rotatable bonds is 7. The van der Waals surface area contributed by atoms with E-state index in [1.54, 1.807) is 0 Å². The summed E-state index contributed by atoms with van der Waals surface area (Å²) < 4.78 is 13.0. The molecule has 6 heteroatoms. The molecule has 0 aromatic carbocycles. The van der Waals surface area contributed by atoms with E-state index in [1.807, 2.05) is 11.7 Å². The second-order valence-corrected chi connectivity index (χ2v) is 5.35. The molecule has 0 saturated carbocycles. The van der Waals surface area contributed by atoms with Gasteiger partial charge in [0.05, 0.1) is 29.6 Å². The molecule has 5 nitrogen and oxygen atoms in total. The van der Waals surface area contributed by atoms with Crippen molar-refractivity contribution in [3.63, 3.8) is 0 Å². The first-order chi connectivity index (χ1) is 9.69. The van der Waals surface area contributed by atoms with Crippen LogP contribution in [0, 0.1) is 0 Å². The zero-order chi connectivity index (χ0) is 14.5. The van der Waals surface area contributed by atoms with Gasteiger partial charge in [-0.25, -0.2) is 0 Å². The third-order valence-electron chi connectivity index (χ3n) is 3.71. The van der Waals surface area contributed by atoms with Crippen LogP contribution >= 0.6 is 11.6 Å². The quantitative estimate of drug-likeness (QED) is 0.837. The van der Waals surface area contributed by atoms with Crippen molar-refractivity contribution in [3.8, 4) is 0 Å². The fraction of sp³-hybridized carbons (Fsp3) is 0.786. The minimum Gasteiger partial charge on any atom is -0.350 e. The summed E-state index contributed by atoms with van der Waals surface area (Å²) in [4.78, 5) is 0. The Kier molecular flexibility index (Phi) is 5.84. The average Bonchev–Trinajstić information content (AvgIpc) is 3.07. The topological polar surface area (TPSA) is 48.3 Å². The van der Waals surface area contributed by atoms with Gasteiger partial charge in [0, 0.05) is 25.4 Å². The minimum absolute atomic E-state index is 0.102. The van der Waals surface area contributed by atoms with Crippen LogP contribution < -0.4 is 5.32 Å². The first kappa shape index (κ1) is 15.8. The van der Waals surface area contributed by atoms with E-state index in [0.29, 0.717) is 13.2 Å². The third-order valence-corrected chi connectivity index (χ3v) is 4.15. The zero-order valence-electron chi connectivity index (χ0n) is 12.5. The Morgan fingerprint density at radius 3 is 2.65 bits per heavy atom. The Morgan fingerprint density at radius 1 is 1.40 bits per heavy atom. The van der Waals surface area contributed by atoms with Crippen LogP contribution in [0.3, 0.4) is 0 Å². The summed E-state index contributed by atoms with van der Waals surface area (Å²) in [6.45, 7) is 6.38. The van der Waals surface area contributed by atoms with Crippen LogP contribution in [0.15, 0.2) is 0 Å². The number of likely N-dealkylation sites (N-methyl/N-ethyl adjacent to an activating group) is 1. The highest BCUT2D eigenvalue weighted by molar-refractivity contribution is 6.31. The van der Waals surface area contributed by atoms with Crippen molar-refractivity contribution in [1.82, 2.24) is 15.1 Å². The summed E-state index contributed by atoms with van der Waals surface area (Å²) >= 11 is 6.45. The highest BCUT2D eigenvalue weighted by Gasteiger charge is 2.23. The predicted molar refractivity (Wildman–Crippen MR) is 79.1 cm³/mol. The summed E-state index contributed by atoms with van der Waals surface area (Å²) in [6, 6.07) is 0.266. The van der Waals surface area contributed by atoms with Crippen LogP contribution in [-0.2, 0) is 28.9 Å². The van der Waals surface area contributed by atoms with E-state index in [4.69, 9.17) is 21.1 Å². The molecule has 1 N–H and O–H groups in total. The van der Waals surface area contributed by atoms with Gasteiger partial charge in [0.1, 0.15) is 0 Å². The van der Waals surface area contributed by atoms with Crippen LogP contribution in [0.5, 0.6) is 0 Å². The molecule has 1 aliphatic rings. The van der Waals surface area contributed by atoms with Gasteiger partial charge < -0.3 is 14.8 Å². The lowest BCUT2D eigenvalue weighted by Gasteiger charge is -2.20. The maximum atomic E-state index is 6.45. The van der Waals surface area contributed by atoms with Crippen LogP contribution in [0.1, 0.15) is 31.7 Å². The number of hydrogen-bond acceptors (Lipinski definition) is 4. The van der Waals surface area contributed by atoms with Crippen molar-refractivity contribution in [2.45, 2.75) is 52.0 Å². The fourth-order valence-corrected chi connectivity index (χ4v) is 2.87. The van der Waals surface area contributed by atoms with Gasteiger partial charge in [-0.15, -0.1) is 0 Å². The van der Waals surface area contributed by atoms with Gasteiger partial charge in [-0.1, -0.05) is 18.5 Å². The SMILES string of the molecule is CCc1nn(CC)c(CC(CC2OCCO2)NC)c1Cl. The molecule has 0 aliphatic carbocycles. The molecule has 2 rings (SSSR count). The van der Waals surface area contributed by atoms with Crippen LogP contribution in [0.4, 0.5) is 0 Å². The van der Waals surface area contributed by atoms with E-state index in [2.05, 4.69) is 24.3 Å². The summed E-state index contributed by atoms with van der Waals surface area (Å²) in [5, 5.41) is 8.69. The van der Waals surface area contributed by atoms with E-state index < -0.39 is 0 Å². The molecule has 114 valence electrons. The third kappa shape index (κ3) is 3.52. The van der Waals surface area contributed by atoms with Gasteiger partial charge in [-0.3, -0.25) is 4.68 Å². The molecule has 1 atom stereocenters. The first-order valence-corrected chi connectivity index (χ1v) is 7.71. The summed E-state index contributed by atoms with van der Waals surface area (Å²) in [5.41, 5.74) is 2.08. The molecule has 1 aromatic rings. The maximum Gasteiger partial charge on any atom is 0.159 e. The Labute approximate surface area is 125 Å². The molecule has 0 amide bonds. The van der Waals surface area contributed by atoms with Gasteiger partial charge in [0.2, 0.25) is 0 Å². The first-order valence-electron chi connectivity index (χ1n) is 7.34. The highest BCUT2D eigenvalue weighted by atomic mass is 35.5. The van der Waals surface area contributed by atoms with Gasteiger partial charge in [0.25, 0.3) is 0 Å². The van der Waals surface area contributed by atoms with Gasteiger partial charge >= 0.3 is 0 Å². The van der Waals surface area contributed by atoms with E-state index >= 15 is 0 Å². The van der Waals surface area contributed by atoms with E-state index in [-0.39, 0.29) is 12.3 Å². The molecular formula is C14H24ClN3O2. The van der Waals surface area contributed by atoms with Crippen molar-refractivity contribution in [2.24, 2.45) is 0 Å². The van der Waals surface area contributed by atoms with Crippen LogP contribution in [0.2, 0.25) is 5.02 Å². The van der Waals surface area contributed by atoms with Crippen molar-refractivity contribution in [2.75, 3.05) is 20.3 Å². The standard InChI is InChI=1S/C14H24ClN3O2/c1-4-11-14(15)12(18(5-2)17-11)8-10(16-3)9-13-19-6-7-20-13/h10,13,16H,4-9H2,1-3H3. The number of nitrogens with one attached hydrogen (secondary N) is 1. The molecule has 1 saturated heterocycles. The lowest BCUT2D eigenvalue weighted by atomic mass is 10.1. The minimum atomic E-state index is -0.102. The maximum absolute atomic E-state index is 6.45. The van der Waals surface area contributed by atoms with Gasteiger partial charge in [0.15, 0.2) is 6.29 Å². The number of hydrogen-bond donors (Lipinski definition) is 1. The van der Waals surface area contributed by atoms with Crippen molar-refractivity contribution in [1.29, 1.82) is 0 Å². The van der Waals surface area contributed by atoms with Crippen LogP contribution in [0.25, 0.3) is 0 Å². The molecule has 2 heterocycles. The number of aromatic nitrogens is 2. The zero-order valence-corrected chi connectivity index (χ0v) is 13.2. The molecule has 1 fully saturated rings. The van der Waals surface area contributed by atoms with Crippen molar-refractivity contribution in [3.05, 3.63) is 16.4 Å². The second kappa shape index (κ2) is 7.41.